The zero-order valence-electron chi connectivity index (χ0n) is 12.5. The van der Waals surface area contributed by atoms with Crippen molar-refractivity contribution < 1.29 is 26.4 Å². The molecule has 4 aromatic rings. The van der Waals surface area contributed by atoms with E-state index in [1.807, 2.05) is 36.4 Å². The Balaban J connectivity index is 1.84. The molecular formula is C16H14NO5S2+. The number of rotatable bonds is 4. The van der Waals surface area contributed by atoms with Crippen molar-refractivity contribution in [3.05, 3.63) is 36.4 Å². The minimum Gasteiger partial charge on any atom is -0.456 e. The summed E-state index contributed by atoms with van der Waals surface area (Å²) in [4.78, 5) is 0. The van der Waals surface area contributed by atoms with Crippen molar-refractivity contribution in [2.24, 2.45) is 0 Å². The van der Waals surface area contributed by atoms with Crippen LogP contribution in [-0.4, -0.2) is 18.7 Å². The molecule has 124 valence electrons. The second-order valence-electron chi connectivity index (χ2n) is 5.59. The highest BCUT2D eigenvalue weighted by atomic mass is 32.2. The summed E-state index contributed by atoms with van der Waals surface area (Å²) in [6.07, 6.45) is 0.260. The molecule has 0 spiro atoms. The maximum Gasteiger partial charge on any atom is 0.409 e. The van der Waals surface area contributed by atoms with E-state index in [1.165, 1.54) is 0 Å². The molecule has 2 heterocycles. The molecular weight excluding hydrogens is 350 g/mol. The number of aromatic nitrogens is 1. The number of furan rings is 1. The van der Waals surface area contributed by atoms with Crippen molar-refractivity contribution >= 4 is 55.8 Å². The lowest BCUT2D eigenvalue weighted by Crippen LogP contribution is -2.34. The summed E-state index contributed by atoms with van der Waals surface area (Å²) in [5.74, 6) is -0.309. The molecule has 0 bridgehead atoms. The van der Waals surface area contributed by atoms with Crippen LogP contribution >= 0.6 is 12.6 Å². The zero-order valence-corrected chi connectivity index (χ0v) is 14.2. The van der Waals surface area contributed by atoms with Crippen molar-refractivity contribution in [1.29, 1.82) is 0 Å². The van der Waals surface area contributed by atoms with E-state index >= 15 is 0 Å². The largest absolute Gasteiger partial charge is 0.456 e. The van der Waals surface area contributed by atoms with Gasteiger partial charge >= 0.3 is 5.22 Å². The summed E-state index contributed by atoms with van der Waals surface area (Å²) in [6.45, 7) is 0.368. The van der Waals surface area contributed by atoms with Gasteiger partial charge in [0.25, 0.3) is 15.6 Å². The molecule has 1 N–H and O–H groups in total. The van der Waals surface area contributed by atoms with Crippen LogP contribution in [0.4, 0.5) is 0 Å². The van der Waals surface area contributed by atoms with Crippen LogP contribution in [0, 0.1) is 0 Å². The topological polar surface area (TPSA) is 84.5 Å². The standard InChI is InChI=1S/C16H13NO5S2/c18-24(19,20)7-3-6-17-12-8-11-10-4-1-2-5-13(10)21-14(11)9-15(12)22-16(17)23/h1-2,4-5,8-9H,3,6-7H2,(H,18,19,20)/p+1. The van der Waals surface area contributed by atoms with Gasteiger partial charge in [-0.3, -0.25) is 4.55 Å². The molecule has 2 aromatic heterocycles. The maximum absolute atomic E-state index is 10.9. The molecule has 2 aromatic carbocycles. The van der Waals surface area contributed by atoms with Gasteiger partial charge in [-0.2, -0.15) is 13.0 Å². The van der Waals surface area contributed by atoms with Crippen LogP contribution in [0.3, 0.4) is 0 Å². The fourth-order valence-electron chi connectivity index (χ4n) is 2.91. The zero-order chi connectivity index (χ0) is 16.9. The molecule has 0 aliphatic rings. The number of thiol groups is 1. The first-order chi connectivity index (χ1) is 11.4. The second kappa shape index (κ2) is 5.51. The second-order valence-corrected chi connectivity index (χ2v) is 7.54. The van der Waals surface area contributed by atoms with Gasteiger partial charge in [0.2, 0.25) is 5.58 Å². The van der Waals surface area contributed by atoms with Crippen LogP contribution in [0.5, 0.6) is 0 Å². The van der Waals surface area contributed by atoms with Gasteiger partial charge in [-0.15, -0.1) is 0 Å². The van der Waals surface area contributed by atoms with Crippen LogP contribution < -0.4 is 4.57 Å². The molecule has 0 unspecified atom stereocenters. The molecule has 0 aliphatic carbocycles. The normalized spacial score (nSPS) is 12.6. The van der Waals surface area contributed by atoms with Gasteiger partial charge in [-0.1, -0.05) is 18.2 Å². The van der Waals surface area contributed by atoms with E-state index < -0.39 is 10.1 Å². The third-order valence-electron chi connectivity index (χ3n) is 3.97. The molecule has 0 atom stereocenters. The molecule has 0 fully saturated rings. The minimum atomic E-state index is -3.98. The van der Waals surface area contributed by atoms with Crippen molar-refractivity contribution in [3.63, 3.8) is 0 Å². The fraction of sp³-hybridized carbons (Fsp3) is 0.188. The van der Waals surface area contributed by atoms with E-state index in [4.69, 9.17) is 13.4 Å². The predicted octanol–water partition coefficient (Wildman–Crippen LogP) is 3.19. The van der Waals surface area contributed by atoms with Gasteiger partial charge < -0.3 is 8.83 Å². The highest BCUT2D eigenvalue weighted by Crippen LogP contribution is 2.32. The average Bonchev–Trinajstić information content (AvgIpc) is 3.01. The molecule has 0 saturated heterocycles. The van der Waals surface area contributed by atoms with E-state index in [9.17, 15) is 8.42 Å². The third kappa shape index (κ3) is 2.66. The predicted molar refractivity (Wildman–Crippen MR) is 92.0 cm³/mol. The Labute approximate surface area is 142 Å². The molecule has 4 rings (SSSR count). The first-order valence-corrected chi connectivity index (χ1v) is 9.40. The molecule has 0 amide bonds. The molecule has 0 radical (unpaired) electrons. The van der Waals surface area contributed by atoms with Crippen LogP contribution in [0.2, 0.25) is 0 Å². The summed E-state index contributed by atoms with van der Waals surface area (Å²) in [5.41, 5.74) is 2.92. The van der Waals surface area contributed by atoms with Crippen molar-refractivity contribution in [1.82, 2.24) is 0 Å². The summed E-state index contributed by atoms with van der Waals surface area (Å²) in [7, 11) is -3.98. The van der Waals surface area contributed by atoms with Crippen LogP contribution in [0.1, 0.15) is 6.42 Å². The van der Waals surface area contributed by atoms with E-state index in [0.29, 0.717) is 17.4 Å². The van der Waals surface area contributed by atoms with Crippen molar-refractivity contribution in [3.8, 4) is 0 Å². The van der Waals surface area contributed by atoms with Crippen LogP contribution in [0.15, 0.2) is 50.5 Å². The lowest BCUT2D eigenvalue weighted by Gasteiger charge is -1.95. The highest BCUT2D eigenvalue weighted by Gasteiger charge is 2.22. The number of hydrogen-bond donors (Lipinski definition) is 2. The summed E-state index contributed by atoms with van der Waals surface area (Å²) >= 11 is 4.32. The van der Waals surface area contributed by atoms with E-state index in [2.05, 4.69) is 12.6 Å². The highest BCUT2D eigenvalue weighted by molar-refractivity contribution is 7.85. The first kappa shape index (κ1) is 15.5. The van der Waals surface area contributed by atoms with Crippen molar-refractivity contribution in [2.75, 3.05) is 5.75 Å². The van der Waals surface area contributed by atoms with Gasteiger partial charge in [0, 0.05) is 29.3 Å². The molecule has 6 nitrogen and oxygen atoms in total. The summed E-state index contributed by atoms with van der Waals surface area (Å²) in [6, 6.07) is 11.5. The van der Waals surface area contributed by atoms with Gasteiger partial charge in [-0.05, 0) is 18.7 Å². The number of para-hydroxylation sites is 1. The molecule has 24 heavy (non-hydrogen) atoms. The Hall–Kier alpha value is -2.03. The Morgan fingerprint density at radius 1 is 1.04 bits per heavy atom. The number of nitrogens with zero attached hydrogens (tertiary/aromatic N) is 1. The Morgan fingerprint density at radius 2 is 1.83 bits per heavy atom. The number of hydrogen-bond acceptors (Lipinski definition) is 5. The van der Waals surface area contributed by atoms with Crippen molar-refractivity contribution in [2.45, 2.75) is 18.2 Å². The Bertz CT molecular complexity index is 1170. The lowest BCUT2D eigenvalue weighted by molar-refractivity contribution is -0.715. The van der Waals surface area contributed by atoms with Crippen LogP contribution in [0.25, 0.3) is 33.0 Å². The number of oxazole rings is 1. The van der Waals surface area contributed by atoms with Gasteiger partial charge in [-0.25, -0.2) is 0 Å². The minimum absolute atomic E-state index is 0.260. The average molecular weight is 364 g/mol. The third-order valence-corrected chi connectivity index (χ3v) is 5.10. The maximum atomic E-state index is 10.9. The first-order valence-electron chi connectivity index (χ1n) is 7.34. The lowest BCUT2D eigenvalue weighted by atomic mass is 10.1. The Kier molecular flexibility index (Phi) is 3.56. The summed E-state index contributed by atoms with van der Waals surface area (Å²) < 4.78 is 43.9. The number of fused-ring (bicyclic) bond motifs is 4. The Morgan fingerprint density at radius 3 is 2.62 bits per heavy atom. The van der Waals surface area contributed by atoms with Gasteiger partial charge in [0.15, 0.2) is 6.54 Å². The van der Waals surface area contributed by atoms with E-state index in [0.717, 1.165) is 27.5 Å². The van der Waals surface area contributed by atoms with E-state index in [-0.39, 0.29) is 12.2 Å². The van der Waals surface area contributed by atoms with Gasteiger partial charge in [0.1, 0.15) is 11.2 Å². The number of benzene rings is 2. The smallest absolute Gasteiger partial charge is 0.409 e. The van der Waals surface area contributed by atoms with Crippen LogP contribution in [-0.2, 0) is 16.7 Å². The van der Waals surface area contributed by atoms with E-state index in [1.54, 1.807) is 4.57 Å². The molecule has 0 aliphatic heterocycles. The quantitative estimate of drug-likeness (QED) is 0.330. The van der Waals surface area contributed by atoms with Gasteiger partial charge in [0.05, 0.1) is 5.75 Å². The molecule has 0 saturated carbocycles. The molecule has 8 heteroatoms. The summed E-state index contributed by atoms with van der Waals surface area (Å²) in [5, 5.41) is 2.33. The fourth-order valence-corrected chi connectivity index (χ4v) is 3.71. The SMILES string of the molecule is O=S(=O)(O)CCC[n+]1c(S)oc2cc3oc4ccccc4c3cc21. The number of aryl methyl sites for hydroxylation is 1. The monoisotopic (exact) mass is 364 g/mol.